The van der Waals surface area contributed by atoms with Crippen molar-refractivity contribution >= 4 is 49.2 Å². The fourth-order valence-electron chi connectivity index (χ4n) is 9.46. The minimum atomic E-state index is -5.12. The zero-order valence-corrected chi connectivity index (χ0v) is 30.8. The maximum atomic E-state index is 17.3. The van der Waals surface area contributed by atoms with Gasteiger partial charge in [-0.25, -0.2) is 18.0 Å². The summed E-state index contributed by atoms with van der Waals surface area (Å²) in [5, 5.41) is 9.31. The van der Waals surface area contributed by atoms with Crippen molar-refractivity contribution < 1.29 is 35.9 Å². The van der Waals surface area contributed by atoms with E-state index in [9.17, 15) is 14.4 Å². The highest BCUT2D eigenvalue weighted by Crippen LogP contribution is 2.53. The smallest absolute Gasteiger partial charge is 0.417 e. The van der Waals surface area contributed by atoms with Gasteiger partial charge in [0.2, 0.25) is 0 Å². The number of carbonyl (C=O) groups excluding carboxylic acids is 1. The van der Waals surface area contributed by atoms with Gasteiger partial charge in [-0.2, -0.15) is 28.4 Å². The van der Waals surface area contributed by atoms with Gasteiger partial charge in [0.05, 0.1) is 21.4 Å². The number of hydrogen-bond acceptors (Lipinski definition) is 9. The minimum absolute atomic E-state index is 0.00375. The number of hydrogen-bond donors (Lipinski definition) is 1. The van der Waals surface area contributed by atoms with Gasteiger partial charge < -0.3 is 25.2 Å². The fraction of sp³-hybridized carbons (Fsp3) is 0.526. The van der Waals surface area contributed by atoms with Crippen LogP contribution in [0.15, 0.2) is 18.2 Å². The molecule has 6 heterocycles. The first-order valence-electron chi connectivity index (χ1n) is 18.6. The molecule has 5 aliphatic rings. The molecule has 3 unspecified atom stereocenters. The topological polar surface area (TPSA) is 115 Å². The van der Waals surface area contributed by atoms with Crippen LogP contribution in [0.3, 0.4) is 0 Å². The van der Waals surface area contributed by atoms with E-state index >= 15 is 22.0 Å². The first-order valence-corrected chi connectivity index (χ1v) is 19.4. The molecule has 290 valence electrons. The average molecular weight is 785 g/mol. The molecule has 1 spiro atoms. The molecule has 2 aromatic carbocycles. The Bertz CT molecular complexity index is 2280. The fourth-order valence-corrected chi connectivity index (χ4v) is 10.4. The van der Waals surface area contributed by atoms with Crippen LogP contribution in [-0.4, -0.2) is 101 Å². The molecular weight excluding hydrogens is 747 g/mol. The van der Waals surface area contributed by atoms with Gasteiger partial charge in [-0.3, -0.25) is 4.90 Å². The summed E-state index contributed by atoms with van der Waals surface area (Å²) in [6, 6.07) is 3.81. The number of thiophene rings is 1. The van der Waals surface area contributed by atoms with Crippen molar-refractivity contribution in [2.45, 2.75) is 69.4 Å². The van der Waals surface area contributed by atoms with Gasteiger partial charge in [0.1, 0.15) is 41.0 Å². The molecule has 1 aliphatic carbocycles. The lowest BCUT2D eigenvalue weighted by atomic mass is 9.92. The van der Waals surface area contributed by atoms with E-state index in [1.807, 2.05) is 15.9 Å². The van der Waals surface area contributed by atoms with E-state index in [0.29, 0.717) is 37.3 Å². The number of rotatable bonds is 7. The number of benzene rings is 2. The van der Waals surface area contributed by atoms with Gasteiger partial charge in [-0.05, 0) is 63.3 Å². The lowest BCUT2D eigenvalue weighted by Gasteiger charge is -2.42. The van der Waals surface area contributed by atoms with Gasteiger partial charge >= 0.3 is 18.2 Å². The van der Waals surface area contributed by atoms with Crippen LogP contribution in [0.1, 0.15) is 56.6 Å². The highest BCUT2D eigenvalue weighted by Gasteiger charge is 2.55. The normalized spacial score (nSPS) is 24.5. The van der Waals surface area contributed by atoms with E-state index in [-0.39, 0.29) is 93.6 Å². The van der Waals surface area contributed by atoms with Crippen LogP contribution in [0, 0.1) is 28.4 Å². The number of anilines is 2. The molecule has 2 N–H and O–H groups in total. The highest BCUT2D eigenvalue weighted by molar-refractivity contribution is 7.23. The van der Waals surface area contributed by atoms with Crippen molar-refractivity contribution in [3.05, 3.63) is 41.0 Å². The van der Waals surface area contributed by atoms with Crippen LogP contribution in [0.4, 0.5) is 42.0 Å². The molecule has 9 rings (SSSR count). The Balaban J connectivity index is 1.18. The predicted molar refractivity (Wildman–Crippen MR) is 195 cm³/mol. The number of likely N-dealkylation sites (N-methyl/N-ethyl adjacent to an activating group) is 1. The van der Waals surface area contributed by atoms with Crippen molar-refractivity contribution in [3.63, 3.8) is 0 Å². The van der Waals surface area contributed by atoms with E-state index in [1.165, 1.54) is 0 Å². The van der Waals surface area contributed by atoms with Gasteiger partial charge in [0.25, 0.3) is 0 Å². The third-order valence-corrected chi connectivity index (χ3v) is 13.4. The Kier molecular flexibility index (Phi) is 8.36. The third kappa shape index (κ3) is 5.81. The van der Waals surface area contributed by atoms with Crippen molar-refractivity contribution in [1.82, 2.24) is 24.7 Å². The molecule has 17 heteroatoms. The van der Waals surface area contributed by atoms with Gasteiger partial charge in [0.15, 0.2) is 5.82 Å². The largest absolute Gasteiger partial charge is 0.461 e. The number of fused-ring (bicyclic) bond motifs is 3. The van der Waals surface area contributed by atoms with Gasteiger partial charge in [0, 0.05) is 73.5 Å². The monoisotopic (exact) mass is 784 g/mol. The number of nitrogen functional groups attached to an aromatic ring is 1. The Morgan fingerprint density at radius 1 is 1.15 bits per heavy atom. The number of carbonyl (C=O) groups is 1. The quantitative estimate of drug-likeness (QED) is 0.194. The molecule has 5 fully saturated rings. The van der Waals surface area contributed by atoms with Crippen LogP contribution in [-0.2, 0) is 6.18 Å². The Morgan fingerprint density at radius 2 is 1.93 bits per heavy atom. The van der Waals surface area contributed by atoms with Gasteiger partial charge in [-0.15, -0.1) is 11.3 Å². The van der Waals surface area contributed by atoms with Crippen molar-refractivity contribution in [2.75, 3.05) is 63.1 Å². The lowest BCUT2D eigenvalue weighted by Crippen LogP contribution is -2.56. The molecule has 10 nitrogen and oxygen atoms in total. The summed E-state index contributed by atoms with van der Waals surface area (Å²) in [7, 11) is 0. The third-order valence-electron chi connectivity index (χ3n) is 12.4. The lowest BCUT2D eigenvalue weighted by molar-refractivity contribution is -0.137. The Hall–Kier alpha value is -4.56. The molecule has 0 radical (unpaired) electrons. The summed E-state index contributed by atoms with van der Waals surface area (Å²) < 4.78 is 98.5. The summed E-state index contributed by atoms with van der Waals surface area (Å²) in [5.74, 6) is -2.19. The average Bonchev–Trinajstić information content (AvgIpc) is 3.35. The predicted octanol–water partition coefficient (Wildman–Crippen LogP) is 7.33. The molecule has 4 saturated heterocycles. The standard InChI is InChI=1S/C38H38F6N8O2S/c1-2-52(21-6-11-49(16-21)35(53)50-17-36(18-50)8-9-36)33-23-12-25(38(42,43)44)28(22-4-5-26(40)31-27(22)24(14-45)32(46)55-31)29(41)30(23)47-34(48-33)54-19-37-7-3-10-51(37)15-20(39)13-37/h4-5,12,20-21H,2-3,6-11,13,15-19,46H2,1H3. The van der Waals surface area contributed by atoms with Crippen LogP contribution in [0.25, 0.3) is 32.1 Å². The van der Waals surface area contributed by atoms with E-state index in [0.717, 1.165) is 50.6 Å². The first-order chi connectivity index (χ1) is 26.2. The minimum Gasteiger partial charge on any atom is -0.461 e. The Morgan fingerprint density at radius 3 is 2.64 bits per heavy atom. The number of nitrogens with zero attached hydrogens (tertiary/aromatic N) is 7. The summed E-state index contributed by atoms with van der Waals surface area (Å²) >= 11 is 0.688. The van der Waals surface area contributed by atoms with Crippen LogP contribution in [0.5, 0.6) is 6.01 Å². The second-order valence-electron chi connectivity index (χ2n) is 15.8. The number of amides is 2. The van der Waals surface area contributed by atoms with E-state index < -0.39 is 46.2 Å². The van der Waals surface area contributed by atoms with E-state index in [1.54, 1.807) is 16.7 Å². The van der Waals surface area contributed by atoms with Crippen molar-refractivity contribution in [3.8, 4) is 23.2 Å². The molecule has 55 heavy (non-hydrogen) atoms. The SMILES string of the molecule is CCN(c1nc(OCC23CCCN2CC(F)C3)nc2c(F)c(-c3ccc(F)c4sc(N)c(C#N)c34)c(C(F)(F)F)cc12)C1CCN(C(=O)N2CC3(CC3)C2)C1. The molecule has 1 saturated carbocycles. The number of aromatic nitrogens is 2. The summed E-state index contributed by atoms with van der Waals surface area (Å²) in [6.45, 7) is 5.13. The molecule has 4 aliphatic heterocycles. The summed E-state index contributed by atoms with van der Waals surface area (Å²) in [5.41, 5.74) is 2.24. The molecular formula is C38H38F6N8O2S. The molecule has 0 bridgehead atoms. The number of nitriles is 1. The molecule has 4 aromatic rings. The zero-order chi connectivity index (χ0) is 38.6. The Labute approximate surface area is 316 Å². The number of halogens is 6. The summed E-state index contributed by atoms with van der Waals surface area (Å²) in [4.78, 5) is 29.8. The van der Waals surface area contributed by atoms with Crippen LogP contribution < -0.4 is 15.4 Å². The molecule has 2 amide bonds. The van der Waals surface area contributed by atoms with Crippen LogP contribution >= 0.6 is 11.3 Å². The number of nitrogens with two attached hydrogens (primary N) is 1. The van der Waals surface area contributed by atoms with E-state index in [4.69, 9.17) is 10.5 Å². The molecule has 3 atom stereocenters. The number of ether oxygens (including phenoxy) is 1. The second-order valence-corrected chi connectivity index (χ2v) is 16.8. The van der Waals surface area contributed by atoms with Crippen molar-refractivity contribution in [2.24, 2.45) is 5.41 Å². The maximum Gasteiger partial charge on any atom is 0.417 e. The maximum absolute atomic E-state index is 17.3. The number of likely N-dealkylation sites (tertiary alicyclic amines) is 2. The van der Waals surface area contributed by atoms with Crippen LogP contribution in [0.2, 0.25) is 0 Å². The first kappa shape index (κ1) is 36.1. The van der Waals surface area contributed by atoms with Crippen molar-refractivity contribution in [1.29, 1.82) is 5.26 Å². The number of alkyl halides is 4. The molecule has 2 aromatic heterocycles. The zero-order valence-electron chi connectivity index (χ0n) is 30.0. The highest BCUT2D eigenvalue weighted by atomic mass is 32.1. The second kappa shape index (κ2) is 12.7. The van der Waals surface area contributed by atoms with Gasteiger partial charge in [-0.1, -0.05) is 6.07 Å². The summed E-state index contributed by atoms with van der Waals surface area (Å²) in [6.07, 6.45) is -1.71. The number of urea groups is 1. The van der Waals surface area contributed by atoms with E-state index in [2.05, 4.69) is 9.97 Å².